The summed E-state index contributed by atoms with van der Waals surface area (Å²) in [5, 5.41) is 2.99. The number of nitrogens with one attached hydrogen (secondary N) is 1. The average molecular weight is 299 g/mol. The highest BCUT2D eigenvalue weighted by Gasteiger charge is 2.18. The van der Waals surface area contributed by atoms with E-state index in [1.165, 1.54) is 31.4 Å². The van der Waals surface area contributed by atoms with Crippen molar-refractivity contribution >= 4 is 17.5 Å². The number of nitrogens with zero attached hydrogens (tertiary/aromatic N) is 1. The van der Waals surface area contributed by atoms with E-state index in [0.29, 0.717) is 18.2 Å². The van der Waals surface area contributed by atoms with E-state index >= 15 is 0 Å². The molecule has 0 aromatic heterocycles. The lowest BCUT2D eigenvalue weighted by atomic mass is 10.0. The molecular formula is C15H20ClFN2O. The zero-order chi connectivity index (χ0) is 14.5. The highest BCUT2D eigenvalue weighted by molar-refractivity contribution is 6.33. The minimum Gasteiger partial charge on any atom is -0.351 e. The molecule has 1 aliphatic heterocycles. The Morgan fingerprint density at radius 1 is 1.50 bits per heavy atom. The Hall–Kier alpha value is -1.13. The fraction of sp³-hybridized carbons (Fsp3) is 0.533. The zero-order valence-corrected chi connectivity index (χ0v) is 12.4. The first-order valence-corrected chi connectivity index (χ1v) is 7.43. The number of likely N-dealkylation sites (tertiary alicyclic amines) is 1. The summed E-state index contributed by atoms with van der Waals surface area (Å²) in [6.07, 6.45) is 3.73. The third-order valence-electron chi connectivity index (χ3n) is 3.80. The molecule has 5 heteroatoms. The second kappa shape index (κ2) is 7.04. The van der Waals surface area contributed by atoms with Crippen LogP contribution in [0.1, 0.15) is 36.5 Å². The van der Waals surface area contributed by atoms with Gasteiger partial charge in [0, 0.05) is 19.1 Å². The van der Waals surface area contributed by atoms with E-state index in [1.54, 1.807) is 0 Å². The minimum atomic E-state index is -0.436. The van der Waals surface area contributed by atoms with Gasteiger partial charge >= 0.3 is 0 Å². The third-order valence-corrected chi connectivity index (χ3v) is 4.11. The summed E-state index contributed by atoms with van der Waals surface area (Å²) >= 11 is 5.86. The Morgan fingerprint density at radius 3 is 3.00 bits per heavy atom. The molecule has 1 saturated heterocycles. The topological polar surface area (TPSA) is 32.3 Å². The van der Waals surface area contributed by atoms with Crippen LogP contribution in [0.25, 0.3) is 0 Å². The summed E-state index contributed by atoms with van der Waals surface area (Å²) in [5.41, 5.74) is 0.319. The van der Waals surface area contributed by atoms with Crippen LogP contribution in [0.2, 0.25) is 5.02 Å². The van der Waals surface area contributed by atoms with Gasteiger partial charge in [-0.15, -0.1) is 0 Å². The SMILES string of the molecule is CC1CCCCN1CCNC(=O)c1ccc(F)cc1Cl. The van der Waals surface area contributed by atoms with Crippen LogP contribution in [-0.4, -0.2) is 36.5 Å². The fourth-order valence-corrected chi connectivity index (χ4v) is 2.82. The van der Waals surface area contributed by atoms with Crippen LogP contribution in [-0.2, 0) is 0 Å². The third kappa shape index (κ3) is 3.93. The van der Waals surface area contributed by atoms with Crippen molar-refractivity contribution in [3.05, 3.63) is 34.6 Å². The molecule has 1 atom stereocenters. The van der Waals surface area contributed by atoms with Crippen molar-refractivity contribution in [3.8, 4) is 0 Å². The molecule has 1 heterocycles. The lowest BCUT2D eigenvalue weighted by molar-refractivity contribution is 0.0938. The van der Waals surface area contributed by atoms with Gasteiger partial charge in [-0.2, -0.15) is 0 Å². The van der Waals surface area contributed by atoms with Crippen molar-refractivity contribution in [2.45, 2.75) is 32.2 Å². The van der Waals surface area contributed by atoms with Crippen molar-refractivity contribution in [1.29, 1.82) is 0 Å². The predicted octanol–water partition coefficient (Wildman–Crippen LogP) is 3.08. The van der Waals surface area contributed by atoms with E-state index in [9.17, 15) is 9.18 Å². The summed E-state index contributed by atoms with van der Waals surface area (Å²) in [6.45, 7) is 4.73. The van der Waals surface area contributed by atoms with Crippen LogP contribution in [0, 0.1) is 5.82 Å². The molecule has 0 radical (unpaired) electrons. The number of hydrogen-bond donors (Lipinski definition) is 1. The highest BCUT2D eigenvalue weighted by Crippen LogP contribution is 2.17. The molecule has 1 aliphatic rings. The lowest BCUT2D eigenvalue weighted by Crippen LogP contribution is -2.42. The first-order valence-electron chi connectivity index (χ1n) is 7.05. The predicted molar refractivity (Wildman–Crippen MR) is 78.6 cm³/mol. The van der Waals surface area contributed by atoms with Crippen molar-refractivity contribution in [3.63, 3.8) is 0 Å². The lowest BCUT2D eigenvalue weighted by Gasteiger charge is -2.33. The van der Waals surface area contributed by atoms with Crippen LogP contribution in [0.3, 0.4) is 0 Å². The number of halogens is 2. The molecule has 0 aliphatic carbocycles. The van der Waals surface area contributed by atoms with Crippen molar-refractivity contribution in [2.24, 2.45) is 0 Å². The smallest absolute Gasteiger partial charge is 0.252 e. The molecule has 1 unspecified atom stereocenters. The first kappa shape index (κ1) is 15.3. The van der Waals surface area contributed by atoms with Gasteiger partial charge in [0.05, 0.1) is 10.6 Å². The van der Waals surface area contributed by atoms with Gasteiger partial charge in [0.15, 0.2) is 0 Å². The Bertz CT molecular complexity index is 481. The molecule has 1 aromatic rings. The Kier molecular flexibility index (Phi) is 5.38. The van der Waals surface area contributed by atoms with E-state index in [4.69, 9.17) is 11.6 Å². The van der Waals surface area contributed by atoms with Gasteiger partial charge < -0.3 is 5.32 Å². The van der Waals surface area contributed by atoms with Gasteiger partial charge in [-0.3, -0.25) is 9.69 Å². The molecular weight excluding hydrogens is 279 g/mol. The van der Waals surface area contributed by atoms with E-state index in [0.717, 1.165) is 19.2 Å². The number of carbonyl (C=O) groups excluding carboxylic acids is 1. The molecule has 110 valence electrons. The molecule has 3 nitrogen and oxygen atoms in total. The number of piperidine rings is 1. The molecule has 2 rings (SSSR count). The van der Waals surface area contributed by atoms with Crippen molar-refractivity contribution < 1.29 is 9.18 Å². The normalized spacial score (nSPS) is 19.9. The maximum Gasteiger partial charge on any atom is 0.252 e. The molecule has 1 fully saturated rings. The number of rotatable bonds is 4. The Labute approximate surface area is 124 Å². The van der Waals surface area contributed by atoms with E-state index in [1.807, 2.05) is 0 Å². The van der Waals surface area contributed by atoms with Crippen LogP contribution < -0.4 is 5.32 Å². The number of amides is 1. The summed E-state index contributed by atoms with van der Waals surface area (Å²) in [6, 6.07) is 4.39. The van der Waals surface area contributed by atoms with Crippen LogP contribution in [0.15, 0.2) is 18.2 Å². The Morgan fingerprint density at radius 2 is 2.30 bits per heavy atom. The monoisotopic (exact) mass is 298 g/mol. The van der Waals surface area contributed by atoms with Crippen molar-refractivity contribution in [2.75, 3.05) is 19.6 Å². The molecule has 1 aromatic carbocycles. The average Bonchev–Trinajstić information content (AvgIpc) is 2.40. The summed E-state index contributed by atoms with van der Waals surface area (Å²) in [5.74, 6) is -0.687. The summed E-state index contributed by atoms with van der Waals surface area (Å²) in [4.78, 5) is 14.3. The Balaban J connectivity index is 1.83. The zero-order valence-electron chi connectivity index (χ0n) is 11.7. The minimum absolute atomic E-state index is 0.147. The largest absolute Gasteiger partial charge is 0.351 e. The van der Waals surface area contributed by atoms with E-state index in [2.05, 4.69) is 17.1 Å². The quantitative estimate of drug-likeness (QED) is 0.926. The van der Waals surface area contributed by atoms with E-state index < -0.39 is 5.82 Å². The van der Waals surface area contributed by atoms with Gasteiger partial charge in [-0.05, 0) is 44.5 Å². The maximum absolute atomic E-state index is 12.9. The molecule has 0 saturated carbocycles. The van der Waals surface area contributed by atoms with Gasteiger partial charge in [0.2, 0.25) is 0 Å². The number of hydrogen-bond acceptors (Lipinski definition) is 2. The first-order chi connectivity index (χ1) is 9.58. The van der Waals surface area contributed by atoms with Gasteiger partial charge in [0.25, 0.3) is 5.91 Å². The highest BCUT2D eigenvalue weighted by atomic mass is 35.5. The standard InChI is InChI=1S/C15H20ClFN2O/c1-11-4-2-3-8-19(11)9-7-18-15(20)13-6-5-12(17)10-14(13)16/h5-6,10-11H,2-4,7-9H2,1H3,(H,18,20). The van der Waals surface area contributed by atoms with Crippen LogP contribution in [0.5, 0.6) is 0 Å². The van der Waals surface area contributed by atoms with Crippen LogP contribution in [0.4, 0.5) is 4.39 Å². The molecule has 0 bridgehead atoms. The second-order valence-corrected chi connectivity index (χ2v) is 5.67. The molecule has 20 heavy (non-hydrogen) atoms. The van der Waals surface area contributed by atoms with Gasteiger partial charge in [-0.1, -0.05) is 18.0 Å². The fourth-order valence-electron chi connectivity index (χ4n) is 2.57. The van der Waals surface area contributed by atoms with Gasteiger partial charge in [0.1, 0.15) is 5.82 Å². The van der Waals surface area contributed by atoms with E-state index in [-0.39, 0.29) is 10.9 Å². The molecule has 1 N–H and O–H groups in total. The molecule has 0 spiro atoms. The van der Waals surface area contributed by atoms with Crippen molar-refractivity contribution in [1.82, 2.24) is 10.2 Å². The number of carbonyl (C=O) groups is 1. The number of benzene rings is 1. The summed E-state index contributed by atoms with van der Waals surface area (Å²) < 4.78 is 12.9. The van der Waals surface area contributed by atoms with Gasteiger partial charge in [-0.25, -0.2) is 4.39 Å². The van der Waals surface area contributed by atoms with Crippen LogP contribution >= 0.6 is 11.6 Å². The second-order valence-electron chi connectivity index (χ2n) is 5.26. The summed E-state index contributed by atoms with van der Waals surface area (Å²) in [7, 11) is 0. The maximum atomic E-state index is 12.9. The molecule has 1 amide bonds.